The molecule has 2 N–H and O–H groups in total. The molecule has 0 radical (unpaired) electrons. The molecule has 1 aromatic rings. The molecular weight excluding hydrogens is 242 g/mol. The maximum absolute atomic E-state index is 9.13. The normalized spacial score (nSPS) is 15.1. The third-order valence-electron chi connectivity index (χ3n) is 2.07. The van der Waals surface area contributed by atoms with Crippen molar-refractivity contribution in [3.63, 3.8) is 0 Å². The fraction of sp³-hybridized carbons (Fsp3) is 0.455. The SMILES string of the molecule is CC(NC[C@H](C)O)c1cccc(Br)c1. The van der Waals surface area contributed by atoms with Crippen LogP contribution in [0.1, 0.15) is 25.5 Å². The average Bonchev–Trinajstić information content (AvgIpc) is 2.14. The van der Waals surface area contributed by atoms with Gasteiger partial charge in [-0.25, -0.2) is 0 Å². The Kier molecular flexibility index (Phi) is 4.58. The predicted octanol–water partition coefficient (Wildman–Crippen LogP) is 2.48. The van der Waals surface area contributed by atoms with Crippen LogP contribution < -0.4 is 5.32 Å². The first kappa shape index (κ1) is 11.7. The highest BCUT2D eigenvalue weighted by Gasteiger charge is 2.05. The van der Waals surface area contributed by atoms with E-state index in [1.165, 1.54) is 5.56 Å². The number of rotatable bonds is 4. The highest BCUT2D eigenvalue weighted by molar-refractivity contribution is 9.10. The van der Waals surface area contributed by atoms with Crippen LogP contribution in [0.25, 0.3) is 0 Å². The van der Waals surface area contributed by atoms with Crippen LogP contribution in [-0.2, 0) is 0 Å². The highest BCUT2D eigenvalue weighted by Crippen LogP contribution is 2.17. The Balaban J connectivity index is 2.56. The topological polar surface area (TPSA) is 32.3 Å². The fourth-order valence-corrected chi connectivity index (χ4v) is 1.66. The van der Waals surface area contributed by atoms with Crippen molar-refractivity contribution >= 4 is 15.9 Å². The van der Waals surface area contributed by atoms with Crippen molar-refractivity contribution in [3.05, 3.63) is 34.3 Å². The number of benzene rings is 1. The summed E-state index contributed by atoms with van der Waals surface area (Å²) in [7, 11) is 0. The summed E-state index contributed by atoms with van der Waals surface area (Å²) in [5.74, 6) is 0. The number of hydrogen-bond acceptors (Lipinski definition) is 2. The molecule has 14 heavy (non-hydrogen) atoms. The van der Waals surface area contributed by atoms with Crippen LogP contribution in [0.5, 0.6) is 0 Å². The molecule has 2 atom stereocenters. The summed E-state index contributed by atoms with van der Waals surface area (Å²) in [4.78, 5) is 0. The average molecular weight is 258 g/mol. The van der Waals surface area contributed by atoms with Crippen LogP contribution in [0.15, 0.2) is 28.7 Å². The molecule has 0 saturated heterocycles. The van der Waals surface area contributed by atoms with Gasteiger partial charge in [-0.2, -0.15) is 0 Å². The molecule has 2 nitrogen and oxygen atoms in total. The summed E-state index contributed by atoms with van der Waals surface area (Å²) in [6.07, 6.45) is -0.301. The van der Waals surface area contributed by atoms with Crippen LogP contribution in [0.2, 0.25) is 0 Å². The molecule has 1 aromatic carbocycles. The van der Waals surface area contributed by atoms with Gasteiger partial charge in [-0.15, -0.1) is 0 Å². The minimum atomic E-state index is -0.301. The van der Waals surface area contributed by atoms with Crippen molar-refractivity contribution < 1.29 is 5.11 Å². The minimum absolute atomic E-state index is 0.266. The Morgan fingerprint density at radius 1 is 1.43 bits per heavy atom. The van der Waals surface area contributed by atoms with Gasteiger partial charge in [-0.05, 0) is 31.5 Å². The summed E-state index contributed by atoms with van der Waals surface area (Å²) in [6, 6.07) is 8.44. The van der Waals surface area contributed by atoms with E-state index < -0.39 is 0 Å². The van der Waals surface area contributed by atoms with Gasteiger partial charge in [0.2, 0.25) is 0 Å². The van der Waals surface area contributed by atoms with Gasteiger partial charge in [-0.3, -0.25) is 0 Å². The Morgan fingerprint density at radius 3 is 2.71 bits per heavy atom. The smallest absolute Gasteiger partial charge is 0.0636 e. The Labute approximate surface area is 93.5 Å². The zero-order chi connectivity index (χ0) is 10.6. The van der Waals surface area contributed by atoms with E-state index in [4.69, 9.17) is 5.11 Å². The maximum Gasteiger partial charge on any atom is 0.0636 e. The lowest BCUT2D eigenvalue weighted by Crippen LogP contribution is -2.27. The van der Waals surface area contributed by atoms with Gasteiger partial charge in [0, 0.05) is 17.1 Å². The third kappa shape index (κ3) is 3.78. The lowest BCUT2D eigenvalue weighted by Gasteiger charge is -2.15. The van der Waals surface area contributed by atoms with E-state index in [1.54, 1.807) is 6.92 Å². The van der Waals surface area contributed by atoms with E-state index >= 15 is 0 Å². The largest absolute Gasteiger partial charge is 0.392 e. The van der Waals surface area contributed by atoms with Gasteiger partial charge in [-0.1, -0.05) is 28.1 Å². The molecule has 0 spiro atoms. The van der Waals surface area contributed by atoms with E-state index in [-0.39, 0.29) is 12.1 Å². The molecule has 0 aliphatic carbocycles. The minimum Gasteiger partial charge on any atom is -0.392 e. The standard InChI is InChI=1S/C11H16BrNO/c1-8(14)7-13-9(2)10-4-3-5-11(12)6-10/h3-6,8-9,13-14H,7H2,1-2H3/t8-,9?/m0/s1. The fourth-order valence-electron chi connectivity index (χ4n) is 1.24. The molecule has 0 heterocycles. The number of halogens is 1. The van der Waals surface area contributed by atoms with E-state index in [2.05, 4.69) is 40.3 Å². The quantitative estimate of drug-likeness (QED) is 0.869. The first-order valence-corrected chi connectivity index (χ1v) is 5.56. The van der Waals surface area contributed by atoms with E-state index in [1.807, 2.05) is 12.1 Å². The zero-order valence-electron chi connectivity index (χ0n) is 8.50. The van der Waals surface area contributed by atoms with Gasteiger partial charge in [0.15, 0.2) is 0 Å². The summed E-state index contributed by atoms with van der Waals surface area (Å²) in [5.41, 5.74) is 1.22. The monoisotopic (exact) mass is 257 g/mol. The summed E-state index contributed by atoms with van der Waals surface area (Å²) in [6.45, 7) is 4.48. The van der Waals surface area contributed by atoms with Crippen molar-refractivity contribution in [2.45, 2.75) is 26.0 Å². The second-order valence-electron chi connectivity index (χ2n) is 3.53. The molecule has 0 aliphatic heterocycles. The molecule has 3 heteroatoms. The molecule has 0 saturated carbocycles. The van der Waals surface area contributed by atoms with Gasteiger partial charge in [0.25, 0.3) is 0 Å². The number of nitrogens with one attached hydrogen (secondary N) is 1. The van der Waals surface area contributed by atoms with Gasteiger partial charge >= 0.3 is 0 Å². The first-order chi connectivity index (χ1) is 6.59. The van der Waals surface area contributed by atoms with E-state index in [9.17, 15) is 0 Å². The zero-order valence-corrected chi connectivity index (χ0v) is 10.1. The van der Waals surface area contributed by atoms with Crippen LogP contribution in [-0.4, -0.2) is 17.8 Å². The summed E-state index contributed by atoms with van der Waals surface area (Å²) >= 11 is 3.43. The van der Waals surface area contributed by atoms with Crippen molar-refractivity contribution in [2.75, 3.05) is 6.54 Å². The Bertz CT molecular complexity index is 288. The number of aliphatic hydroxyl groups excluding tert-OH is 1. The van der Waals surface area contributed by atoms with E-state index in [0.717, 1.165) is 4.47 Å². The number of hydrogen-bond donors (Lipinski definition) is 2. The van der Waals surface area contributed by atoms with E-state index in [0.29, 0.717) is 6.54 Å². The second kappa shape index (κ2) is 5.49. The maximum atomic E-state index is 9.13. The van der Waals surface area contributed by atoms with Gasteiger partial charge in [0.05, 0.1) is 6.10 Å². The van der Waals surface area contributed by atoms with Gasteiger partial charge in [0.1, 0.15) is 0 Å². The Morgan fingerprint density at radius 2 is 2.14 bits per heavy atom. The summed E-state index contributed by atoms with van der Waals surface area (Å²) < 4.78 is 1.08. The van der Waals surface area contributed by atoms with Crippen molar-refractivity contribution in [1.82, 2.24) is 5.32 Å². The van der Waals surface area contributed by atoms with Crippen molar-refractivity contribution in [2.24, 2.45) is 0 Å². The molecular formula is C11H16BrNO. The van der Waals surface area contributed by atoms with Crippen LogP contribution >= 0.6 is 15.9 Å². The van der Waals surface area contributed by atoms with Crippen LogP contribution in [0.3, 0.4) is 0 Å². The molecule has 0 fully saturated rings. The molecule has 1 unspecified atom stereocenters. The number of aliphatic hydroxyl groups is 1. The molecule has 78 valence electrons. The lowest BCUT2D eigenvalue weighted by atomic mass is 10.1. The van der Waals surface area contributed by atoms with Crippen molar-refractivity contribution in [1.29, 1.82) is 0 Å². The molecule has 0 aliphatic rings. The third-order valence-corrected chi connectivity index (χ3v) is 2.56. The molecule has 0 bridgehead atoms. The van der Waals surface area contributed by atoms with Crippen LogP contribution in [0.4, 0.5) is 0 Å². The lowest BCUT2D eigenvalue weighted by molar-refractivity contribution is 0.187. The Hall–Kier alpha value is -0.380. The van der Waals surface area contributed by atoms with Crippen molar-refractivity contribution in [3.8, 4) is 0 Å². The first-order valence-electron chi connectivity index (χ1n) is 4.76. The second-order valence-corrected chi connectivity index (χ2v) is 4.45. The molecule has 1 rings (SSSR count). The molecule has 0 amide bonds. The van der Waals surface area contributed by atoms with Crippen LogP contribution in [0, 0.1) is 0 Å². The van der Waals surface area contributed by atoms with Gasteiger partial charge < -0.3 is 10.4 Å². The summed E-state index contributed by atoms with van der Waals surface area (Å²) in [5, 5.41) is 12.4. The molecule has 0 aromatic heterocycles. The highest BCUT2D eigenvalue weighted by atomic mass is 79.9. The predicted molar refractivity (Wildman–Crippen MR) is 62.2 cm³/mol.